The van der Waals surface area contributed by atoms with Crippen LogP contribution in [0.15, 0.2) is 18.2 Å². The molecule has 1 aromatic carbocycles. The summed E-state index contributed by atoms with van der Waals surface area (Å²) >= 11 is 0. The Hall–Kier alpha value is -2.28. The van der Waals surface area contributed by atoms with Gasteiger partial charge in [0, 0.05) is 6.54 Å². The number of carboxylic acid groups (broad SMARTS) is 1. The van der Waals surface area contributed by atoms with Crippen LogP contribution in [0.25, 0.3) is 0 Å². The molecule has 0 bridgehead atoms. The SMILES string of the molecule is COc1c(N)cccc1C(=O)N1CCOCC1C(=O)O. The number of hydrogen-bond acceptors (Lipinski definition) is 5. The minimum absolute atomic E-state index is 0.0221. The molecule has 1 atom stereocenters. The maximum atomic E-state index is 12.5. The third-order valence-corrected chi connectivity index (χ3v) is 3.15. The number of carboxylic acids is 1. The summed E-state index contributed by atoms with van der Waals surface area (Å²) in [6.07, 6.45) is 0. The maximum Gasteiger partial charge on any atom is 0.328 e. The Bertz CT molecular complexity index is 531. The normalized spacial score (nSPS) is 18.6. The molecule has 0 spiro atoms. The van der Waals surface area contributed by atoms with Crippen molar-refractivity contribution in [3.8, 4) is 5.75 Å². The highest BCUT2D eigenvalue weighted by Gasteiger charge is 2.34. The van der Waals surface area contributed by atoms with Crippen LogP contribution in [0.4, 0.5) is 5.69 Å². The van der Waals surface area contributed by atoms with Crippen molar-refractivity contribution in [2.45, 2.75) is 6.04 Å². The number of nitrogen functional groups attached to an aromatic ring is 1. The fourth-order valence-corrected chi connectivity index (χ4v) is 2.16. The van der Waals surface area contributed by atoms with E-state index in [4.69, 9.17) is 20.3 Å². The van der Waals surface area contributed by atoms with Crippen molar-refractivity contribution in [3.05, 3.63) is 23.8 Å². The average molecular weight is 280 g/mol. The second kappa shape index (κ2) is 5.79. The van der Waals surface area contributed by atoms with Crippen molar-refractivity contribution in [2.24, 2.45) is 0 Å². The second-order valence-corrected chi connectivity index (χ2v) is 4.36. The average Bonchev–Trinajstić information content (AvgIpc) is 2.46. The highest BCUT2D eigenvalue weighted by atomic mass is 16.5. The molecule has 1 amide bonds. The Kier molecular flexibility index (Phi) is 4.09. The predicted octanol–water partition coefficient (Wildman–Crippen LogP) is 0.203. The lowest BCUT2D eigenvalue weighted by atomic mass is 10.1. The largest absolute Gasteiger partial charge is 0.494 e. The highest BCUT2D eigenvalue weighted by molar-refractivity contribution is 6.00. The van der Waals surface area contributed by atoms with E-state index in [9.17, 15) is 9.59 Å². The number of hydrogen-bond donors (Lipinski definition) is 2. The van der Waals surface area contributed by atoms with E-state index in [2.05, 4.69) is 0 Å². The lowest BCUT2D eigenvalue weighted by Gasteiger charge is -2.33. The van der Waals surface area contributed by atoms with Crippen molar-refractivity contribution in [1.29, 1.82) is 0 Å². The zero-order valence-electron chi connectivity index (χ0n) is 11.0. The van der Waals surface area contributed by atoms with Gasteiger partial charge in [-0.1, -0.05) is 6.07 Å². The molecular weight excluding hydrogens is 264 g/mol. The number of carbonyl (C=O) groups is 2. The predicted molar refractivity (Wildman–Crippen MR) is 70.7 cm³/mol. The maximum absolute atomic E-state index is 12.5. The lowest BCUT2D eigenvalue weighted by molar-refractivity contribution is -0.147. The van der Waals surface area contributed by atoms with Gasteiger partial charge in [0.15, 0.2) is 11.8 Å². The van der Waals surface area contributed by atoms with Crippen LogP contribution < -0.4 is 10.5 Å². The van der Waals surface area contributed by atoms with Crippen LogP contribution in [0.2, 0.25) is 0 Å². The molecule has 1 saturated heterocycles. The number of anilines is 1. The van der Waals surface area contributed by atoms with E-state index in [1.54, 1.807) is 18.2 Å². The van der Waals surface area contributed by atoms with E-state index < -0.39 is 17.9 Å². The van der Waals surface area contributed by atoms with Crippen molar-refractivity contribution < 1.29 is 24.2 Å². The van der Waals surface area contributed by atoms with E-state index in [1.165, 1.54) is 12.0 Å². The zero-order chi connectivity index (χ0) is 14.7. The molecule has 1 aromatic rings. The fraction of sp³-hybridized carbons (Fsp3) is 0.385. The van der Waals surface area contributed by atoms with Gasteiger partial charge in [0.05, 0.1) is 31.6 Å². The van der Waals surface area contributed by atoms with E-state index >= 15 is 0 Å². The van der Waals surface area contributed by atoms with Crippen molar-refractivity contribution in [1.82, 2.24) is 4.90 Å². The third-order valence-electron chi connectivity index (χ3n) is 3.15. The summed E-state index contributed by atoms with van der Waals surface area (Å²) in [4.78, 5) is 25.0. The lowest BCUT2D eigenvalue weighted by Crippen LogP contribution is -2.52. The fourth-order valence-electron chi connectivity index (χ4n) is 2.16. The summed E-state index contributed by atoms with van der Waals surface area (Å²) in [5, 5.41) is 9.16. The van der Waals surface area contributed by atoms with Gasteiger partial charge in [-0.15, -0.1) is 0 Å². The van der Waals surface area contributed by atoms with E-state index in [0.717, 1.165) is 0 Å². The van der Waals surface area contributed by atoms with Crippen LogP contribution in [-0.4, -0.2) is 54.8 Å². The number of nitrogens with zero attached hydrogens (tertiary/aromatic N) is 1. The molecule has 0 aromatic heterocycles. The molecule has 3 N–H and O–H groups in total. The van der Waals surface area contributed by atoms with Gasteiger partial charge in [-0.2, -0.15) is 0 Å². The summed E-state index contributed by atoms with van der Waals surface area (Å²) < 4.78 is 10.2. The number of methoxy groups -OCH3 is 1. The molecule has 0 aliphatic carbocycles. The van der Waals surface area contributed by atoms with Crippen LogP contribution in [0, 0.1) is 0 Å². The smallest absolute Gasteiger partial charge is 0.328 e. The molecule has 1 aliphatic rings. The molecule has 1 unspecified atom stereocenters. The molecule has 7 heteroatoms. The zero-order valence-corrected chi connectivity index (χ0v) is 11.0. The van der Waals surface area contributed by atoms with E-state index in [-0.39, 0.29) is 24.5 Å². The molecule has 2 rings (SSSR count). The molecule has 1 fully saturated rings. The first-order valence-corrected chi connectivity index (χ1v) is 6.10. The standard InChI is InChI=1S/C13H16N2O5/c1-19-11-8(3-2-4-9(11)14)12(16)15-5-6-20-7-10(15)13(17)18/h2-4,10H,5-7,14H2,1H3,(H,17,18). The summed E-state index contributed by atoms with van der Waals surface area (Å²) in [6, 6.07) is 3.80. The Morgan fingerprint density at radius 2 is 2.25 bits per heavy atom. The molecule has 0 radical (unpaired) electrons. The number of ether oxygens (including phenoxy) is 2. The first-order valence-electron chi connectivity index (χ1n) is 6.10. The molecule has 20 heavy (non-hydrogen) atoms. The number of benzene rings is 1. The van der Waals surface area contributed by atoms with Gasteiger partial charge in [0.1, 0.15) is 0 Å². The Labute approximate surface area is 115 Å². The van der Waals surface area contributed by atoms with Crippen molar-refractivity contribution >= 4 is 17.6 Å². The van der Waals surface area contributed by atoms with E-state index in [0.29, 0.717) is 12.3 Å². The van der Waals surface area contributed by atoms with Gasteiger partial charge < -0.3 is 25.2 Å². The van der Waals surface area contributed by atoms with Crippen LogP contribution in [0.1, 0.15) is 10.4 Å². The van der Waals surface area contributed by atoms with Crippen LogP contribution >= 0.6 is 0 Å². The van der Waals surface area contributed by atoms with Gasteiger partial charge in [0.2, 0.25) is 0 Å². The molecular formula is C13H16N2O5. The minimum atomic E-state index is -1.10. The molecule has 7 nitrogen and oxygen atoms in total. The first-order chi connectivity index (χ1) is 9.56. The number of aliphatic carboxylic acids is 1. The van der Waals surface area contributed by atoms with Gasteiger partial charge >= 0.3 is 5.97 Å². The number of morpholine rings is 1. The van der Waals surface area contributed by atoms with Crippen LogP contribution in [-0.2, 0) is 9.53 Å². The second-order valence-electron chi connectivity index (χ2n) is 4.36. The first kappa shape index (κ1) is 14.1. The number of amides is 1. The number of nitrogens with two attached hydrogens (primary N) is 1. The highest BCUT2D eigenvalue weighted by Crippen LogP contribution is 2.28. The Morgan fingerprint density at radius 3 is 2.90 bits per heavy atom. The van der Waals surface area contributed by atoms with Crippen molar-refractivity contribution in [2.75, 3.05) is 32.6 Å². The van der Waals surface area contributed by atoms with E-state index in [1.807, 2.05) is 0 Å². The van der Waals surface area contributed by atoms with Gasteiger partial charge in [-0.25, -0.2) is 4.79 Å². The molecule has 1 aliphatic heterocycles. The molecule has 0 saturated carbocycles. The number of carbonyl (C=O) groups excluding carboxylic acids is 1. The summed E-state index contributed by atoms with van der Waals surface area (Å²) in [6.45, 7) is 0.500. The monoisotopic (exact) mass is 280 g/mol. The van der Waals surface area contributed by atoms with Crippen LogP contribution in [0.3, 0.4) is 0 Å². The van der Waals surface area contributed by atoms with Gasteiger partial charge in [-0.3, -0.25) is 4.79 Å². The quantitative estimate of drug-likeness (QED) is 0.767. The Morgan fingerprint density at radius 1 is 1.50 bits per heavy atom. The van der Waals surface area contributed by atoms with Crippen LogP contribution in [0.5, 0.6) is 5.75 Å². The number of para-hydroxylation sites is 1. The van der Waals surface area contributed by atoms with Crippen molar-refractivity contribution in [3.63, 3.8) is 0 Å². The number of rotatable bonds is 3. The van der Waals surface area contributed by atoms with Gasteiger partial charge in [-0.05, 0) is 12.1 Å². The molecule has 1 heterocycles. The summed E-state index contributed by atoms with van der Waals surface area (Å²) in [5.74, 6) is -1.26. The third kappa shape index (κ3) is 2.53. The molecule has 108 valence electrons. The van der Waals surface area contributed by atoms with Gasteiger partial charge in [0.25, 0.3) is 5.91 Å². The minimum Gasteiger partial charge on any atom is -0.494 e. The Balaban J connectivity index is 2.35. The topological polar surface area (TPSA) is 102 Å². The summed E-state index contributed by atoms with van der Waals surface area (Å²) in [5.41, 5.74) is 6.34. The summed E-state index contributed by atoms with van der Waals surface area (Å²) in [7, 11) is 1.41.